The normalized spacial score (nSPS) is 10.0. The minimum atomic E-state index is -0.189. The van der Waals surface area contributed by atoms with Crippen molar-refractivity contribution in [1.29, 1.82) is 0 Å². The molecule has 0 unspecified atom stereocenters. The number of ether oxygens (including phenoxy) is 1. The number of hydrogen-bond acceptors (Lipinski definition) is 3. The number of carbonyl (C=O) groups excluding carboxylic acids is 1. The highest BCUT2D eigenvalue weighted by Gasteiger charge is 2.07. The average molecular weight is 280 g/mol. The Morgan fingerprint density at radius 2 is 2.21 bits per heavy atom. The van der Waals surface area contributed by atoms with Crippen LogP contribution in [-0.2, 0) is 4.74 Å². The van der Waals surface area contributed by atoms with E-state index in [1.54, 1.807) is 6.07 Å². The highest BCUT2D eigenvalue weighted by molar-refractivity contribution is 7.80. The average Bonchev–Trinajstić information content (AvgIpc) is 2.38. The molecule has 2 N–H and O–H groups in total. The van der Waals surface area contributed by atoms with Gasteiger partial charge < -0.3 is 10.1 Å². The maximum atomic E-state index is 11.9. The molecular formula is C14H20N2O2S. The van der Waals surface area contributed by atoms with E-state index < -0.39 is 0 Å². The van der Waals surface area contributed by atoms with Crippen LogP contribution in [0.1, 0.15) is 29.3 Å². The number of thiocarbonyl (C=S) groups is 1. The van der Waals surface area contributed by atoms with E-state index in [4.69, 9.17) is 17.0 Å². The van der Waals surface area contributed by atoms with Gasteiger partial charge in [0.05, 0.1) is 0 Å². The first-order valence-electron chi connectivity index (χ1n) is 6.37. The predicted octanol–water partition coefficient (Wildman–Crippen LogP) is 2.03. The van der Waals surface area contributed by atoms with E-state index >= 15 is 0 Å². The number of aryl methyl sites for hydroxylation is 1. The molecule has 0 saturated carbocycles. The third-order valence-electron chi connectivity index (χ3n) is 2.46. The van der Waals surface area contributed by atoms with Crippen LogP contribution in [0.3, 0.4) is 0 Å². The van der Waals surface area contributed by atoms with Crippen LogP contribution in [-0.4, -0.2) is 30.8 Å². The molecule has 1 amide bonds. The maximum Gasteiger partial charge on any atom is 0.257 e. The summed E-state index contributed by atoms with van der Waals surface area (Å²) >= 11 is 5.06. The smallest absolute Gasteiger partial charge is 0.257 e. The summed E-state index contributed by atoms with van der Waals surface area (Å²) in [6.07, 6.45) is 0.855. The first-order valence-corrected chi connectivity index (χ1v) is 6.78. The maximum absolute atomic E-state index is 11.9. The van der Waals surface area contributed by atoms with Crippen molar-refractivity contribution in [3.8, 4) is 0 Å². The first kappa shape index (κ1) is 15.6. The second kappa shape index (κ2) is 8.61. The Labute approximate surface area is 119 Å². The summed E-state index contributed by atoms with van der Waals surface area (Å²) < 4.78 is 5.21. The molecule has 1 aromatic carbocycles. The van der Waals surface area contributed by atoms with Gasteiger partial charge in [0.15, 0.2) is 5.11 Å². The lowest BCUT2D eigenvalue weighted by molar-refractivity contribution is 0.0976. The molecule has 19 heavy (non-hydrogen) atoms. The molecule has 0 saturated heterocycles. The Morgan fingerprint density at radius 3 is 2.89 bits per heavy atom. The van der Waals surface area contributed by atoms with Gasteiger partial charge in [0, 0.05) is 25.3 Å². The van der Waals surface area contributed by atoms with Gasteiger partial charge in [-0.3, -0.25) is 10.1 Å². The van der Waals surface area contributed by atoms with Gasteiger partial charge in [-0.1, -0.05) is 17.7 Å². The van der Waals surface area contributed by atoms with Gasteiger partial charge in [-0.05, 0) is 44.6 Å². The zero-order chi connectivity index (χ0) is 14.1. The number of nitrogens with one attached hydrogen (secondary N) is 2. The van der Waals surface area contributed by atoms with E-state index in [9.17, 15) is 4.79 Å². The molecule has 4 nitrogen and oxygen atoms in total. The quantitative estimate of drug-likeness (QED) is 0.618. The van der Waals surface area contributed by atoms with Crippen molar-refractivity contribution in [3.05, 3.63) is 35.4 Å². The first-order chi connectivity index (χ1) is 9.13. The van der Waals surface area contributed by atoms with E-state index in [1.165, 1.54) is 0 Å². The van der Waals surface area contributed by atoms with Gasteiger partial charge in [-0.2, -0.15) is 0 Å². The largest absolute Gasteiger partial charge is 0.382 e. The standard InChI is InChI=1S/C14H20N2O2S/c1-3-18-9-5-8-15-14(19)16-13(17)12-7-4-6-11(2)10-12/h4,6-7,10H,3,5,8-9H2,1-2H3,(H2,15,16,17,19). The fraction of sp³-hybridized carbons (Fsp3) is 0.429. The molecule has 0 aliphatic carbocycles. The van der Waals surface area contributed by atoms with Crippen LogP contribution in [0.15, 0.2) is 24.3 Å². The number of hydrogen-bond donors (Lipinski definition) is 2. The SMILES string of the molecule is CCOCCCNC(=S)NC(=O)c1cccc(C)c1. The van der Waals surface area contributed by atoms with Crippen molar-refractivity contribution in [2.75, 3.05) is 19.8 Å². The predicted molar refractivity (Wildman–Crippen MR) is 80.4 cm³/mol. The van der Waals surface area contributed by atoms with E-state index in [-0.39, 0.29) is 5.91 Å². The highest BCUT2D eigenvalue weighted by atomic mass is 32.1. The van der Waals surface area contributed by atoms with Crippen LogP contribution in [0, 0.1) is 6.92 Å². The zero-order valence-corrected chi connectivity index (χ0v) is 12.2. The Morgan fingerprint density at radius 1 is 1.42 bits per heavy atom. The minimum absolute atomic E-state index is 0.189. The second-order valence-electron chi connectivity index (χ2n) is 4.13. The molecule has 104 valence electrons. The Balaban J connectivity index is 2.30. The molecule has 0 spiro atoms. The fourth-order valence-electron chi connectivity index (χ4n) is 1.53. The van der Waals surface area contributed by atoms with Crippen LogP contribution < -0.4 is 10.6 Å². The van der Waals surface area contributed by atoms with E-state index in [0.717, 1.165) is 12.0 Å². The molecule has 0 aliphatic rings. The molecule has 0 aromatic heterocycles. The van der Waals surface area contributed by atoms with Gasteiger partial charge in [0.1, 0.15) is 0 Å². The van der Waals surface area contributed by atoms with Crippen molar-refractivity contribution in [1.82, 2.24) is 10.6 Å². The summed E-state index contributed by atoms with van der Waals surface area (Å²) in [7, 11) is 0. The van der Waals surface area contributed by atoms with E-state index in [1.807, 2.05) is 32.0 Å². The van der Waals surface area contributed by atoms with Crippen molar-refractivity contribution >= 4 is 23.2 Å². The lowest BCUT2D eigenvalue weighted by Gasteiger charge is -2.09. The zero-order valence-electron chi connectivity index (χ0n) is 11.4. The van der Waals surface area contributed by atoms with Crippen LogP contribution >= 0.6 is 12.2 Å². The molecule has 0 atom stereocenters. The lowest BCUT2D eigenvalue weighted by atomic mass is 10.1. The van der Waals surface area contributed by atoms with Crippen molar-refractivity contribution in [2.24, 2.45) is 0 Å². The minimum Gasteiger partial charge on any atom is -0.382 e. The monoisotopic (exact) mass is 280 g/mol. The van der Waals surface area contributed by atoms with Gasteiger partial charge in [-0.15, -0.1) is 0 Å². The molecule has 1 rings (SSSR count). The van der Waals surface area contributed by atoms with Crippen molar-refractivity contribution < 1.29 is 9.53 Å². The fourth-order valence-corrected chi connectivity index (χ4v) is 1.72. The number of amides is 1. The molecular weight excluding hydrogens is 260 g/mol. The third-order valence-corrected chi connectivity index (χ3v) is 2.71. The molecule has 0 fully saturated rings. The highest BCUT2D eigenvalue weighted by Crippen LogP contribution is 2.03. The Bertz CT molecular complexity index is 435. The summed E-state index contributed by atoms with van der Waals surface area (Å²) in [6, 6.07) is 7.39. The van der Waals surface area contributed by atoms with Gasteiger partial charge in [0.2, 0.25) is 0 Å². The molecule has 0 bridgehead atoms. The van der Waals surface area contributed by atoms with Crippen LogP contribution in [0.4, 0.5) is 0 Å². The number of benzene rings is 1. The molecule has 0 aliphatic heterocycles. The second-order valence-corrected chi connectivity index (χ2v) is 4.54. The number of carbonyl (C=O) groups is 1. The molecule has 1 aromatic rings. The Kier molecular flexibility index (Phi) is 7.07. The van der Waals surface area contributed by atoms with Gasteiger partial charge in [0.25, 0.3) is 5.91 Å². The lowest BCUT2D eigenvalue weighted by Crippen LogP contribution is -2.39. The summed E-state index contributed by atoms with van der Waals surface area (Å²) in [4.78, 5) is 11.9. The summed E-state index contributed by atoms with van der Waals surface area (Å²) in [5.41, 5.74) is 1.65. The van der Waals surface area contributed by atoms with Crippen LogP contribution in [0.5, 0.6) is 0 Å². The molecule has 5 heteroatoms. The van der Waals surface area contributed by atoms with Crippen molar-refractivity contribution in [2.45, 2.75) is 20.3 Å². The van der Waals surface area contributed by atoms with Crippen molar-refractivity contribution in [3.63, 3.8) is 0 Å². The molecule has 0 heterocycles. The van der Waals surface area contributed by atoms with Crippen LogP contribution in [0.25, 0.3) is 0 Å². The number of rotatable bonds is 6. The van der Waals surface area contributed by atoms with Gasteiger partial charge in [-0.25, -0.2) is 0 Å². The van der Waals surface area contributed by atoms with E-state index in [2.05, 4.69) is 10.6 Å². The molecule has 0 radical (unpaired) electrons. The summed E-state index contributed by atoms with van der Waals surface area (Å²) in [5, 5.41) is 5.98. The van der Waals surface area contributed by atoms with E-state index in [0.29, 0.717) is 30.4 Å². The van der Waals surface area contributed by atoms with Crippen LogP contribution in [0.2, 0.25) is 0 Å². The third kappa shape index (κ3) is 6.31. The summed E-state index contributed by atoms with van der Waals surface area (Å²) in [6.45, 7) is 6.00. The topological polar surface area (TPSA) is 50.4 Å². The van der Waals surface area contributed by atoms with Gasteiger partial charge >= 0.3 is 0 Å². The summed E-state index contributed by atoms with van der Waals surface area (Å²) in [5.74, 6) is -0.189. The Hall–Kier alpha value is -1.46.